The third-order valence-electron chi connectivity index (χ3n) is 7.20. The zero-order chi connectivity index (χ0) is 25.7. The Morgan fingerprint density at radius 1 is 1.08 bits per heavy atom. The lowest BCUT2D eigenvalue weighted by molar-refractivity contribution is 0.0922. The molecular weight excluding hydrogens is 541 g/mol. The Kier molecular flexibility index (Phi) is 6.00. The Bertz CT molecular complexity index is 1610. The molecule has 1 saturated heterocycles. The van der Waals surface area contributed by atoms with Crippen molar-refractivity contribution in [2.24, 2.45) is 16.1 Å². The minimum absolute atomic E-state index is 0.0467. The topological polar surface area (TPSA) is 92.2 Å². The molecule has 1 N–H and O–H groups in total. The van der Waals surface area contributed by atoms with Crippen molar-refractivity contribution in [1.82, 2.24) is 14.0 Å². The molecule has 0 aliphatic carbocycles. The smallest absolute Gasteiger partial charge is 0.295 e. The standard InChI is InChI=1S/C27H23BrFN5O3/c28-19-6-9-23-21(11-19)25(30-31-26(36)17-4-7-20(29)8-5-17)27(37)34(23)15-32-12-16-10-18(14-32)22-2-1-3-24(35)33(22)13-16/h1-9,11,16,18,37H,10,12-15H2. The van der Waals surface area contributed by atoms with Crippen LogP contribution in [0.4, 0.5) is 10.1 Å². The van der Waals surface area contributed by atoms with E-state index < -0.39 is 11.7 Å². The van der Waals surface area contributed by atoms with Gasteiger partial charge < -0.3 is 9.67 Å². The molecule has 37 heavy (non-hydrogen) atoms. The van der Waals surface area contributed by atoms with E-state index in [2.05, 4.69) is 31.1 Å². The summed E-state index contributed by atoms with van der Waals surface area (Å²) in [4.78, 5) is 27.1. The van der Waals surface area contributed by atoms with Crippen molar-refractivity contribution in [2.75, 3.05) is 13.1 Å². The van der Waals surface area contributed by atoms with Crippen molar-refractivity contribution in [3.05, 3.63) is 92.6 Å². The van der Waals surface area contributed by atoms with Crippen molar-refractivity contribution in [3.8, 4) is 5.88 Å². The van der Waals surface area contributed by atoms with Crippen LogP contribution in [0.1, 0.15) is 28.4 Å². The number of hydrogen-bond donors (Lipinski definition) is 1. The van der Waals surface area contributed by atoms with E-state index in [0.717, 1.165) is 35.2 Å². The molecule has 2 aromatic carbocycles. The van der Waals surface area contributed by atoms with Gasteiger partial charge in [0.25, 0.3) is 11.5 Å². The van der Waals surface area contributed by atoms with Crippen LogP contribution < -0.4 is 5.56 Å². The van der Waals surface area contributed by atoms with Crippen molar-refractivity contribution >= 4 is 38.4 Å². The molecule has 1 amide bonds. The first-order valence-corrected chi connectivity index (χ1v) is 12.8. The molecule has 2 aromatic heterocycles. The van der Waals surface area contributed by atoms with E-state index in [9.17, 15) is 19.1 Å². The number of likely N-dealkylation sites (tertiary alicyclic amines) is 1. The predicted octanol–water partition coefficient (Wildman–Crippen LogP) is 5.41. The largest absolute Gasteiger partial charge is 0.493 e. The highest BCUT2D eigenvalue weighted by Crippen LogP contribution is 2.41. The Hall–Kier alpha value is -3.63. The van der Waals surface area contributed by atoms with Crippen molar-refractivity contribution < 1.29 is 14.3 Å². The highest BCUT2D eigenvalue weighted by Gasteiger charge is 2.35. The van der Waals surface area contributed by atoms with Crippen LogP contribution in [0.15, 0.2) is 80.2 Å². The van der Waals surface area contributed by atoms with Crippen LogP contribution in [0.2, 0.25) is 0 Å². The summed E-state index contributed by atoms with van der Waals surface area (Å²) in [7, 11) is 0. The zero-order valence-corrected chi connectivity index (χ0v) is 21.3. The van der Waals surface area contributed by atoms with Gasteiger partial charge in [-0.25, -0.2) is 4.39 Å². The van der Waals surface area contributed by atoms with Gasteiger partial charge in [-0.05, 0) is 60.9 Å². The number of aromatic hydroxyl groups is 1. The van der Waals surface area contributed by atoms with Crippen molar-refractivity contribution in [3.63, 3.8) is 0 Å². The van der Waals surface area contributed by atoms with E-state index in [0.29, 0.717) is 24.5 Å². The number of pyridine rings is 1. The van der Waals surface area contributed by atoms with Gasteiger partial charge in [-0.15, -0.1) is 10.2 Å². The fourth-order valence-corrected chi connectivity index (χ4v) is 5.96. The Morgan fingerprint density at radius 2 is 1.89 bits per heavy atom. The number of hydrogen-bond acceptors (Lipinski definition) is 5. The first-order valence-electron chi connectivity index (χ1n) is 12.0. The van der Waals surface area contributed by atoms with Crippen molar-refractivity contribution in [2.45, 2.75) is 25.6 Å². The van der Waals surface area contributed by atoms with E-state index in [1.807, 2.05) is 34.9 Å². The summed E-state index contributed by atoms with van der Waals surface area (Å²) >= 11 is 3.47. The molecule has 4 aromatic rings. The maximum absolute atomic E-state index is 13.2. The number of nitrogens with zero attached hydrogens (tertiary/aromatic N) is 5. The lowest BCUT2D eigenvalue weighted by atomic mass is 9.83. The van der Waals surface area contributed by atoms with Crippen LogP contribution in [0.3, 0.4) is 0 Å². The number of carbonyl (C=O) groups excluding carboxylic acids is 1. The lowest BCUT2D eigenvalue weighted by Crippen LogP contribution is -2.47. The number of carbonyl (C=O) groups is 1. The molecule has 0 saturated carbocycles. The number of halogens is 2. The van der Waals surface area contributed by atoms with Gasteiger partial charge in [-0.1, -0.05) is 22.0 Å². The zero-order valence-electron chi connectivity index (χ0n) is 19.7. The number of rotatable bonds is 4. The quantitative estimate of drug-likeness (QED) is 0.336. The Morgan fingerprint density at radius 3 is 2.70 bits per heavy atom. The molecule has 188 valence electrons. The first-order chi connectivity index (χ1) is 17.9. The van der Waals surface area contributed by atoms with E-state index in [1.165, 1.54) is 24.3 Å². The van der Waals surface area contributed by atoms with Gasteiger partial charge in [0, 0.05) is 52.7 Å². The first kappa shape index (κ1) is 23.7. The normalized spacial score (nSPS) is 19.4. The summed E-state index contributed by atoms with van der Waals surface area (Å²) in [6.07, 6.45) is 1.04. The molecule has 1 fully saturated rings. The van der Waals surface area contributed by atoms with E-state index in [1.54, 1.807) is 10.6 Å². The van der Waals surface area contributed by atoms with Gasteiger partial charge in [0.15, 0.2) is 5.69 Å². The van der Waals surface area contributed by atoms with E-state index in [-0.39, 0.29) is 28.6 Å². The molecule has 8 nitrogen and oxygen atoms in total. The van der Waals surface area contributed by atoms with Crippen LogP contribution >= 0.6 is 15.9 Å². The monoisotopic (exact) mass is 563 g/mol. The molecule has 0 spiro atoms. The molecule has 2 aliphatic rings. The summed E-state index contributed by atoms with van der Waals surface area (Å²) in [6.45, 7) is 2.68. The Balaban J connectivity index is 1.31. The highest BCUT2D eigenvalue weighted by molar-refractivity contribution is 9.10. The molecule has 6 rings (SSSR count). The number of azo groups is 1. The van der Waals surface area contributed by atoms with Gasteiger partial charge in [0.2, 0.25) is 5.88 Å². The number of aromatic nitrogens is 2. The summed E-state index contributed by atoms with van der Waals surface area (Å²) < 4.78 is 17.7. The predicted molar refractivity (Wildman–Crippen MR) is 140 cm³/mol. The highest BCUT2D eigenvalue weighted by atomic mass is 79.9. The van der Waals surface area contributed by atoms with Crippen LogP contribution in [0, 0.1) is 11.7 Å². The van der Waals surface area contributed by atoms with Gasteiger partial charge in [-0.3, -0.25) is 19.1 Å². The SMILES string of the molecule is O=C(N=Nc1c(O)n(CN2CC3CC(C2)c2cccc(=O)n2C3)c2ccc(Br)cc12)c1ccc(F)cc1. The molecule has 0 radical (unpaired) electrons. The third-order valence-corrected chi connectivity index (χ3v) is 7.69. The fraction of sp³-hybridized carbons (Fsp3) is 0.259. The maximum Gasteiger partial charge on any atom is 0.295 e. The second kappa shape index (κ2) is 9.35. The molecular formula is C27H23BrFN5O3. The van der Waals surface area contributed by atoms with Crippen LogP contribution in [-0.2, 0) is 13.2 Å². The average molecular weight is 564 g/mol. The number of fused-ring (bicyclic) bond motifs is 5. The lowest BCUT2D eigenvalue weighted by Gasteiger charge is -2.42. The number of amides is 1. The molecule has 2 atom stereocenters. The minimum atomic E-state index is -0.631. The van der Waals surface area contributed by atoms with Gasteiger partial charge in [0.1, 0.15) is 5.82 Å². The summed E-state index contributed by atoms with van der Waals surface area (Å²) in [6, 6.07) is 16.1. The summed E-state index contributed by atoms with van der Waals surface area (Å²) in [5.74, 6) is -0.579. The fourth-order valence-electron chi connectivity index (χ4n) is 5.59. The second-order valence-electron chi connectivity index (χ2n) is 9.65. The molecule has 2 aliphatic heterocycles. The van der Waals surface area contributed by atoms with Crippen LogP contribution in [0.25, 0.3) is 10.9 Å². The molecule has 4 heterocycles. The second-order valence-corrected chi connectivity index (χ2v) is 10.6. The minimum Gasteiger partial charge on any atom is -0.493 e. The molecule has 10 heteroatoms. The van der Waals surface area contributed by atoms with E-state index in [4.69, 9.17) is 0 Å². The van der Waals surface area contributed by atoms with Gasteiger partial charge in [0.05, 0.1) is 12.2 Å². The summed E-state index contributed by atoms with van der Waals surface area (Å²) in [5, 5.41) is 19.8. The van der Waals surface area contributed by atoms with Crippen LogP contribution in [0.5, 0.6) is 5.88 Å². The molecule has 2 bridgehead atoms. The molecule has 2 unspecified atom stereocenters. The van der Waals surface area contributed by atoms with Gasteiger partial charge in [-0.2, -0.15) is 0 Å². The van der Waals surface area contributed by atoms with E-state index >= 15 is 0 Å². The third kappa shape index (κ3) is 4.40. The van der Waals surface area contributed by atoms with Gasteiger partial charge >= 0.3 is 0 Å². The number of benzene rings is 2. The average Bonchev–Trinajstić information content (AvgIpc) is 3.13. The Labute approximate surface area is 219 Å². The van der Waals surface area contributed by atoms with Crippen LogP contribution in [-0.4, -0.2) is 38.1 Å². The number of piperidine rings is 1. The summed E-state index contributed by atoms with van der Waals surface area (Å²) in [5.41, 5.74) is 2.27. The van der Waals surface area contributed by atoms with Crippen molar-refractivity contribution in [1.29, 1.82) is 0 Å². The maximum atomic E-state index is 13.2.